The molecule has 0 aliphatic heterocycles. The predicted molar refractivity (Wildman–Crippen MR) is 79.1 cm³/mol. The van der Waals surface area contributed by atoms with Gasteiger partial charge in [0.1, 0.15) is 0 Å². The number of unbranched alkanes of at least 4 members (excludes halogenated alkanes) is 4. The number of esters is 1. The molecule has 2 heteroatoms. The van der Waals surface area contributed by atoms with E-state index >= 15 is 0 Å². The number of rotatable bonds is 10. The second kappa shape index (κ2) is 10.6. The summed E-state index contributed by atoms with van der Waals surface area (Å²) in [7, 11) is 0. The van der Waals surface area contributed by atoms with Crippen LogP contribution in [0.2, 0.25) is 0 Å². The molecule has 0 unspecified atom stereocenters. The minimum atomic E-state index is -0.0496. The van der Waals surface area contributed by atoms with E-state index in [0.29, 0.717) is 13.0 Å². The molecule has 0 aromatic heterocycles. The molecular weight excluding hydrogens is 236 g/mol. The molecule has 0 fully saturated rings. The van der Waals surface area contributed by atoms with Crippen molar-refractivity contribution in [2.24, 2.45) is 0 Å². The van der Waals surface area contributed by atoms with Crippen LogP contribution >= 0.6 is 0 Å². The third-order valence-corrected chi connectivity index (χ3v) is 3.20. The largest absolute Gasteiger partial charge is 0.466 e. The molecule has 0 aliphatic rings. The van der Waals surface area contributed by atoms with Gasteiger partial charge >= 0.3 is 5.97 Å². The van der Waals surface area contributed by atoms with Crippen molar-refractivity contribution in [3.8, 4) is 0 Å². The van der Waals surface area contributed by atoms with E-state index in [1.54, 1.807) is 0 Å². The highest BCUT2D eigenvalue weighted by Crippen LogP contribution is 2.06. The minimum Gasteiger partial charge on any atom is -0.466 e. The molecule has 1 aromatic rings. The van der Waals surface area contributed by atoms with Crippen molar-refractivity contribution >= 4 is 5.97 Å². The summed E-state index contributed by atoms with van der Waals surface area (Å²) in [5, 5.41) is 0. The average Bonchev–Trinajstić information content (AvgIpc) is 2.44. The van der Waals surface area contributed by atoms with E-state index in [1.165, 1.54) is 31.2 Å². The van der Waals surface area contributed by atoms with E-state index in [9.17, 15) is 4.79 Å². The van der Waals surface area contributed by atoms with Gasteiger partial charge in [-0.15, -0.1) is 0 Å². The fourth-order valence-corrected chi connectivity index (χ4v) is 2.05. The first-order valence-electron chi connectivity index (χ1n) is 7.52. The Kier molecular flexibility index (Phi) is 8.78. The number of ether oxygens (including phenoxy) is 1. The van der Waals surface area contributed by atoms with Crippen LogP contribution in [0.4, 0.5) is 0 Å². The molecule has 1 aromatic carbocycles. The summed E-state index contributed by atoms with van der Waals surface area (Å²) in [6, 6.07) is 10.3. The van der Waals surface area contributed by atoms with E-state index in [2.05, 4.69) is 19.1 Å². The predicted octanol–water partition coefficient (Wildman–Crippen LogP) is 4.52. The van der Waals surface area contributed by atoms with E-state index in [0.717, 1.165) is 19.3 Å². The standard InChI is InChI=1S/C17H26O2/c1-2-3-4-5-9-15-19-17(18)14-10-13-16-11-7-6-8-12-16/h6-8,11-12H,2-5,9-10,13-15H2,1H3. The zero-order valence-electron chi connectivity index (χ0n) is 12.1. The lowest BCUT2D eigenvalue weighted by Gasteiger charge is -2.05. The van der Waals surface area contributed by atoms with Crippen LogP contribution < -0.4 is 0 Å². The van der Waals surface area contributed by atoms with Gasteiger partial charge < -0.3 is 4.74 Å². The molecule has 0 heterocycles. The Balaban J connectivity index is 1.96. The Morgan fingerprint density at radius 1 is 1.00 bits per heavy atom. The van der Waals surface area contributed by atoms with Gasteiger partial charge in [-0.2, -0.15) is 0 Å². The first kappa shape index (κ1) is 15.7. The normalized spacial score (nSPS) is 10.4. The average molecular weight is 262 g/mol. The summed E-state index contributed by atoms with van der Waals surface area (Å²) in [4.78, 5) is 11.5. The molecule has 0 N–H and O–H groups in total. The van der Waals surface area contributed by atoms with Gasteiger partial charge in [-0.05, 0) is 24.8 Å². The van der Waals surface area contributed by atoms with E-state index in [4.69, 9.17) is 4.74 Å². The van der Waals surface area contributed by atoms with Gasteiger partial charge in [0, 0.05) is 6.42 Å². The van der Waals surface area contributed by atoms with E-state index in [-0.39, 0.29) is 5.97 Å². The van der Waals surface area contributed by atoms with Gasteiger partial charge in [0.15, 0.2) is 0 Å². The number of carbonyl (C=O) groups is 1. The molecule has 2 nitrogen and oxygen atoms in total. The Morgan fingerprint density at radius 3 is 2.47 bits per heavy atom. The highest BCUT2D eigenvalue weighted by molar-refractivity contribution is 5.69. The minimum absolute atomic E-state index is 0.0496. The second-order valence-corrected chi connectivity index (χ2v) is 4.97. The number of benzene rings is 1. The lowest BCUT2D eigenvalue weighted by atomic mass is 10.1. The Hall–Kier alpha value is -1.31. The molecule has 0 saturated heterocycles. The molecule has 0 saturated carbocycles. The molecule has 0 amide bonds. The van der Waals surface area contributed by atoms with E-state index in [1.807, 2.05) is 18.2 Å². The summed E-state index contributed by atoms with van der Waals surface area (Å²) >= 11 is 0. The lowest BCUT2D eigenvalue weighted by Crippen LogP contribution is -2.06. The van der Waals surface area contributed by atoms with Crippen LogP contribution in [-0.4, -0.2) is 12.6 Å². The first-order chi connectivity index (χ1) is 9.33. The molecule has 0 spiro atoms. The van der Waals surface area contributed by atoms with Crippen LogP contribution in [0.25, 0.3) is 0 Å². The third kappa shape index (κ3) is 8.41. The number of carbonyl (C=O) groups excluding carboxylic acids is 1. The Labute approximate surface area is 117 Å². The summed E-state index contributed by atoms with van der Waals surface area (Å²) in [5.74, 6) is -0.0496. The summed E-state index contributed by atoms with van der Waals surface area (Å²) in [6.45, 7) is 2.79. The molecule has 19 heavy (non-hydrogen) atoms. The summed E-state index contributed by atoms with van der Waals surface area (Å²) in [5.41, 5.74) is 1.29. The maximum absolute atomic E-state index is 11.5. The zero-order chi connectivity index (χ0) is 13.8. The molecule has 106 valence electrons. The van der Waals surface area contributed by atoms with Gasteiger partial charge in [-0.3, -0.25) is 4.79 Å². The van der Waals surface area contributed by atoms with Crippen molar-refractivity contribution in [3.63, 3.8) is 0 Å². The summed E-state index contributed by atoms with van der Waals surface area (Å²) < 4.78 is 5.22. The fourth-order valence-electron chi connectivity index (χ4n) is 2.05. The molecular formula is C17H26O2. The smallest absolute Gasteiger partial charge is 0.305 e. The van der Waals surface area contributed by atoms with Crippen LogP contribution in [0.3, 0.4) is 0 Å². The van der Waals surface area contributed by atoms with Crippen molar-refractivity contribution in [3.05, 3.63) is 35.9 Å². The molecule has 0 bridgehead atoms. The Morgan fingerprint density at radius 2 is 1.74 bits per heavy atom. The van der Waals surface area contributed by atoms with E-state index < -0.39 is 0 Å². The maximum Gasteiger partial charge on any atom is 0.305 e. The van der Waals surface area contributed by atoms with Gasteiger partial charge in [0.2, 0.25) is 0 Å². The van der Waals surface area contributed by atoms with Crippen molar-refractivity contribution in [1.82, 2.24) is 0 Å². The molecule has 0 aliphatic carbocycles. The quantitative estimate of drug-likeness (QED) is 0.457. The first-order valence-corrected chi connectivity index (χ1v) is 7.52. The molecule has 0 radical (unpaired) electrons. The third-order valence-electron chi connectivity index (χ3n) is 3.20. The number of aryl methyl sites for hydroxylation is 1. The van der Waals surface area contributed by atoms with Gasteiger partial charge in [-0.25, -0.2) is 0 Å². The second-order valence-electron chi connectivity index (χ2n) is 4.97. The SMILES string of the molecule is CCCCCCCOC(=O)CCCc1ccccc1. The van der Waals surface area contributed by atoms with Crippen molar-refractivity contribution in [2.75, 3.05) is 6.61 Å². The van der Waals surface area contributed by atoms with Gasteiger partial charge in [0.05, 0.1) is 6.61 Å². The van der Waals surface area contributed by atoms with Crippen molar-refractivity contribution in [2.45, 2.75) is 58.3 Å². The highest BCUT2D eigenvalue weighted by Gasteiger charge is 2.02. The van der Waals surface area contributed by atoms with Gasteiger partial charge in [-0.1, -0.05) is 62.9 Å². The fraction of sp³-hybridized carbons (Fsp3) is 0.588. The number of hydrogen-bond acceptors (Lipinski definition) is 2. The zero-order valence-corrected chi connectivity index (χ0v) is 12.1. The van der Waals surface area contributed by atoms with Crippen LogP contribution in [0, 0.1) is 0 Å². The van der Waals surface area contributed by atoms with Crippen molar-refractivity contribution < 1.29 is 9.53 Å². The van der Waals surface area contributed by atoms with Crippen LogP contribution in [-0.2, 0) is 16.0 Å². The highest BCUT2D eigenvalue weighted by atomic mass is 16.5. The molecule has 0 atom stereocenters. The topological polar surface area (TPSA) is 26.3 Å². The van der Waals surface area contributed by atoms with Gasteiger partial charge in [0.25, 0.3) is 0 Å². The van der Waals surface area contributed by atoms with Crippen LogP contribution in [0.5, 0.6) is 0 Å². The van der Waals surface area contributed by atoms with Crippen LogP contribution in [0.15, 0.2) is 30.3 Å². The number of hydrogen-bond donors (Lipinski definition) is 0. The summed E-state index contributed by atoms with van der Waals surface area (Å²) in [6.07, 6.45) is 8.32. The molecule has 1 rings (SSSR count). The lowest BCUT2D eigenvalue weighted by molar-refractivity contribution is -0.143. The van der Waals surface area contributed by atoms with Crippen LogP contribution in [0.1, 0.15) is 57.4 Å². The Bertz CT molecular complexity index is 332. The maximum atomic E-state index is 11.5. The van der Waals surface area contributed by atoms with Crippen molar-refractivity contribution in [1.29, 1.82) is 0 Å². The monoisotopic (exact) mass is 262 g/mol.